The van der Waals surface area contributed by atoms with E-state index in [0.29, 0.717) is 23.6 Å². The van der Waals surface area contributed by atoms with Crippen LogP contribution < -0.4 is 10.5 Å². The number of imidazole rings is 1. The molecule has 0 saturated heterocycles. The van der Waals surface area contributed by atoms with E-state index in [9.17, 15) is 4.39 Å². The normalized spacial score (nSPS) is 10.9. The SMILES string of the molecule is C=CCn1c(C(C)C)nc(-c2ccc(OC)c(F)c2)c1N. The summed E-state index contributed by atoms with van der Waals surface area (Å²) in [5, 5.41) is 0. The zero-order valence-corrected chi connectivity index (χ0v) is 12.6. The van der Waals surface area contributed by atoms with Crippen LogP contribution in [0.2, 0.25) is 0 Å². The number of rotatable bonds is 5. The smallest absolute Gasteiger partial charge is 0.165 e. The number of nitrogens with zero attached hydrogens (tertiary/aromatic N) is 2. The van der Waals surface area contributed by atoms with Crippen LogP contribution in [-0.4, -0.2) is 16.7 Å². The number of hydrogen-bond acceptors (Lipinski definition) is 3. The third-order valence-corrected chi connectivity index (χ3v) is 3.29. The Labute approximate surface area is 124 Å². The minimum Gasteiger partial charge on any atom is -0.494 e. The van der Waals surface area contributed by atoms with Crippen molar-refractivity contribution < 1.29 is 9.13 Å². The quantitative estimate of drug-likeness (QED) is 0.856. The zero-order chi connectivity index (χ0) is 15.6. The Bertz CT molecular complexity index is 662. The topological polar surface area (TPSA) is 53.1 Å². The number of ether oxygens (including phenoxy) is 1. The molecule has 0 amide bonds. The Balaban J connectivity index is 2.56. The summed E-state index contributed by atoms with van der Waals surface area (Å²) in [7, 11) is 1.43. The van der Waals surface area contributed by atoms with Gasteiger partial charge in [0.05, 0.1) is 7.11 Å². The third kappa shape index (κ3) is 2.77. The van der Waals surface area contributed by atoms with Gasteiger partial charge in [-0.25, -0.2) is 9.37 Å². The van der Waals surface area contributed by atoms with E-state index in [1.807, 2.05) is 18.4 Å². The van der Waals surface area contributed by atoms with Gasteiger partial charge in [0, 0.05) is 18.0 Å². The molecule has 1 aromatic heterocycles. The highest BCUT2D eigenvalue weighted by atomic mass is 19.1. The summed E-state index contributed by atoms with van der Waals surface area (Å²) in [6.07, 6.45) is 1.77. The number of halogens is 1. The molecule has 0 bridgehead atoms. The molecule has 4 nitrogen and oxygen atoms in total. The van der Waals surface area contributed by atoms with E-state index in [0.717, 1.165) is 5.82 Å². The highest BCUT2D eigenvalue weighted by molar-refractivity contribution is 5.71. The van der Waals surface area contributed by atoms with Crippen LogP contribution in [-0.2, 0) is 6.54 Å². The largest absolute Gasteiger partial charge is 0.494 e. The number of hydrogen-bond donors (Lipinski definition) is 1. The zero-order valence-electron chi connectivity index (χ0n) is 12.6. The van der Waals surface area contributed by atoms with Crippen molar-refractivity contribution in [1.82, 2.24) is 9.55 Å². The second-order valence-electron chi connectivity index (χ2n) is 5.11. The van der Waals surface area contributed by atoms with E-state index in [1.54, 1.807) is 18.2 Å². The molecule has 0 unspecified atom stereocenters. The van der Waals surface area contributed by atoms with Gasteiger partial charge in [-0.2, -0.15) is 0 Å². The van der Waals surface area contributed by atoms with Crippen molar-refractivity contribution in [3.05, 3.63) is 42.5 Å². The summed E-state index contributed by atoms with van der Waals surface area (Å²) in [5.41, 5.74) is 7.40. The van der Waals surface area contributed by atoms with Crippen molar-refractivity contribution in [2.45, 2.75) is 26.3 Å². The fourth-order valence-corrected chi connectivity index (χ4v) is 2.27. The number of aromatic nitrogens is 2. The summed E-state index contributed by atoms with van der Waals surface area (Å²) in [5.74, 6) is 1.36. The van der Waals surface area contributed by atoms with Gasteiger partial charge in [-0.3, -0.25) is 0 Å². The molecule has 0 aliphatic heterocycles. The molecule has 2 rings (SSSR count). The van der Waals surface area contributed by atoms with Crippen molar-refractivity contribution in [2.75, 3.05) is 12.8 Å². The van der Waals surface area contributed by atoms with Gasteiger partial charge in [0.25, 0.3) is 0 Å². The number of nitrogens with two attached hydrogens (primary N) is 1. The first-order chi connectivity index (χ1) is 9.99. The predicted octanol–water partition coefficient (Wildman–Crippen LogP) is 3.59. The Morgan fingerprint density at radius 2 is 2.19 bits per heavy atom. The predicted molar refractivity (Wildman–Crippen MR) is 82.9 cm³/mol. The second-order valence-corrected chi connectivity index (χ2v) is 5.11. The maximum absolute atomic E-state index is 13.9. The minimum absolute atomic E-state index is 0.201. The average molecular weight is 289 g/mol. The molecule has 0 radical (unpaired) electrons. The lowest BCUT2D eigenvalue weighted by Gasteiger charge is -2.09. The third-order valence-electron chi connectivity index (χ3n) is 3.29. The molecule has 2 aromatic rings. The van der Waals surface area contributed by atoms with Crippen molar-refractivity contribution >= 4 is 5.82 Å². The van der Waals surface area contributed by atoms with E-state index < -0.39 is 5.82 Å². The van der Waals surface area contributed by atoms with Crippen molar-refractivity contribution in [2.24, 2.45) is 0 Å². The molecule has 1 heterocycles. The Hall–Kier alpha value is -2.30. The monoisotopic (exact) mass is 289 g/mol. The number of nitrogen functional groups attached to an aromatic ring is 1. The number of benzene rings is 1. The summed E-state index contributed by atoms with van der Waals surface area (Å²) >= 11 is 0. The molecular weight excluding hydrogens is 269 g/mol. The highest BCUT2D eigenvalue weighted by Crippen LogP contribution is 2.31. The van der Waals surface area contributed by atoms with E-state index >= 15 is 0 Å². The van der Waals surface area contributed by atoms with Crippen LogP contribution in [0.15, 0.2) is 30.9 Å². The lowest BCUT2D eigenvalue weighted by atomic mass is 10.1. The van der Waals surface area contributed by atoms with Crippen LogP contribution in [0.5, 0.6) is 5.75 Å². The van der Waals surface area contributed by atoms with Crippen LogP contribution >= 0.6 is 0 Å². The van der Waals surface area contributed by atoms with E-state index in [4.69, 9.17) is 10.5 Å². The van der Waals surface area contributed by atoms with Crippen LogP contribution in [0.25, 0.3) is 11.3 Å². The first-order valence-corrected chi connectivity index (χ1v) is 6.80. The van der Waals surface area contributed by atoms with Gasteiger partial charge in [-0.05, 0) is 18.2 Å². The number of allylic oxidation sites excluding steroid dienone is 1. The molecule has 0 saturated carbocycles. The first kappa shape index (κ1) is 15.1. The van der Waals surface area contributed by atoms with Crippen molar-refractivity contribution in [1.29, 1.82) is 0 Å². The average Bonchev–Trinajstić information content (AvgIpc) is 2.77. The number of anilines is 1. The highest BCUT2D eigenvalue weighted by Gasteiger charge is 2.18. The maximum atomic E-state index is 13.9. The van der Waals surface area contributed by atoms with Gasteiger partial charge in [-0.1, -0.05) is 19.9 Å². The van der Waals surface area contributed by atoms with E-state index in [1.165, 1.54) is 13.2 Å². The molecule has 112 valence electrons. The Morgan fingerprint density at radius 3 is 2.71 bits per heavy atom. The summed E-state index contributed by atoms with van der Waals surface area (Å²) < 4.78 is 20.7. The van der Waals surface area contributed by atoms with Crippen molar-refractivity contribution in [3.8, 4) is 17.0 Å². The van der Waals surface area contributed by atoms with Gasteiger partial charge in [0.2, 0.25) is 0 Å². The van der Waals surface area contributed by atoms with Crippen LogP contribution in [0.1, 0.15) is 25.6 Å². The Kier molecular flexibility index (Phi) is 4.31. The molecule has 0 aliphatic rings. The molecule has 0 atom stereocenters. The summed E-state index contributed by atoms with van der Waals surface area (Å²) in [4.78, 5) is 4.58. The van der Waals surface area contributed by atoms with Gasteiger partial charge in [-0.15, -0.1) is 6.58 Å². The van der Waals surface area contributed by atoms with Crippen molar-refractivity contribution in [3.63, 3.8) is 0 Å². The molecule has 0 aliphatic carbocycles. The lowest BCUT2D eigenvalue weighted by Crippen LogP contribution is -2.07. The fourth-order valence-electron chi connectivity index (χ4n) is 2.27. The van der Waals surface area contributed by atoms with E-state index in [2.05, 4.69) is 11.6 Å². The molecule has 2 N–H and O–H groups in total. The maximum Gasteiger partial charge on any atom is 0.165 e. The van der Waals surface area contributed by atoms with Crippen LogP contribution in [0.4, 0.5) is 10.2 Å². The molecule has 5 heteroatoms. The van der Waals surface area contributed by atoms with Gasteiger partial charge >= 0.3 is 0 Å². The first-order valence-electron chi connectivity index (χ1n) is 6.80. The number of methoxy groups -OCH3 is 1. The Morgan fingerprint density at radius 1 is 1.48 bits per heavy atom. The molecule has 0 spiro atoms. The molecule has 0 fully saturated rings. The van der Waals surface area contributed by atoms with Gasteiger partial charge < -0.3 is 15.0 Å². The molecular formula is C16H20FN3O. The molecule has 21 heavy (non-hydrogen) atoms. The van der Waals surface area contributed by atoms with Gasteiger partial charge in [0.1, 0.15) is 17.3 Å². The van der Waals surface area contributed by atoms with E-state index in [-0.39, 0.29) is 11.7 Å². The second kappa shape index (κ2) is 5.99. The standard InChI is InChI=1S/C16H20FN3O/c1-5-8-20-15(18)14(19-16(20)10(2)3)11-6-7-13(21-4)12(17)9-11/h5-7,9-10H,1,8,18H2,2-4H3. The van der Waals surface area contributed by atoms with Crippen LogP contribution in [0.3, 0.4) is 0 Å². The minimum atomic E-state index is -0.432. The summed E-state index contributed by atoms with van der Waals surface area (Å²) in [6, 6.07) is 4.72. The molecule has 1 aromatic carbocycles. The van der Waals surface area contributed by atoms with Crippen LogP contribution in [0, 0.1) is 5.82 Å². The summed E-state index contributed by atoms with van der Waals surface area (Å²) in [6.45, 7) is 8.39. The lowest BCUT2D eigenvalue weighted by molar-refractivity contribution is 0.386. The van der Waals surface area contributed by atoms with Gasteiger partial charge in [0.15, 0.2) is 11.6 Å². The fraction of sp³-hybridized carbons (Fsp3) is 0.312.